The lowest BCUT2D eigenvalue weighted by Crippen LogP contribution is -2.62. The summed E-state index contributed by atoms with van der Waals surface area (Å²) in [5, 5.41) is 9.77. The van der Waals surface area contributed by atoms with E-state index in [1.165, 1.54) is 87.6 Å². The maximum absolute atomic E-state index is 2.60. The van der Waals surface area contributed by atoms with Gasteiger partial charge in [-0.1, -0.05) is 224 Å². The van der Waals surface area contributed by atoms with E-state index >= 15 is 0 Å². The van der Waals surface area contributed by atoms with Crippen molar-refractivity contribution in [3.63, 3.8) is 0 Å². The monoisotopic (exact) mass is 976 g/mol. The van der Waals surface area contributed by atoms with E-state index in [2.05, 4.69) is 306 Å². The Labute approximate surface area is 447 Å². The zero-order chi connectivity index (χ0) is 51.6. The molecule has 76 heavy (non-hydrogen) atoms. The van der Waals surface area contributed by atoms with Crippen LogP contribution in [0.25, 0.3) is 65.3 Å². The number of fused-ring (bicyclic) bond motifs is 10. The molecule has 2 atom stereocenters. The van der Waals surface area contributed by atoms with E-state index in [1.54, 1.807) is 0 Å². The van der Waals surface area contributed by atoms with Gasteiger partial charge in [0.15, 0.2) is 0 Å². The molecule has 0 saturated heterocycles. The molecule has 0 heterocycles. The number of nitrogens with zero attached hydrogens (tertiary/aromatic N) is 2. The molecule has 2 nitrogen and oxygen atoms in total. The van der Waals surface area contributed by atoms with Crippen LogP contribution >= 0.6 is 0 Å². The molecule has 0 amide bonds. The second-order valence-corrected chi connectivity index (χ2v) is 23.3. The molecule has 2 heteroatoms. The number of hydrogen-bond acceptors (Lipinski definition) is 2. The molecule has 12 aromatic rings. The molecule has 0 spiro atoms. The van der Waals surface area contributed by atoms with E-state index in [-0.39, 0.29) is 10.8 Å². The summed E-state index contributed by atoms with van der Waals surface area (Å²) in [7, 11) is 0. The van der Waals surface area contributed by atoms with Gasteiger partial charge in [0.25, 0.3) is 0 Å². The summed E-state index contributed by atoms with van der Waals surface area (Å²) in [5.74, 6) is 0. The van der Waals surface area contributed by atoms with E-state index in [4.69, 9.17) is 0 Å². The normalized spacial score (nSPS) is 16.7. The molecular formula is C74H60N2. The minimum absolute atomic E-state index is 0.349. The van der Waals surface area contributed by atoms with Gasteiger partial charge in [0.05, 0.1) is 0 Å². The topological polar surface area (TPSA) is 6.48 Å². The third-order valence-electron chi connectivity index (χ3n) is 17.4. The standard InChI is InChI=1S/C74H60N2/c1-71(2,3)73(67-29-17-15-27-63(67)65-41-39-61(47-69(65)73)75(57-35-31-49-19-7-11-23-53(49)43-57)58-36-32-50-20-8-12-24-54(50)44-58)74(72(4,5)6)68-30-18-16-28-64(68)66-42-40-62(48-70(66)74)76(59-37-33-51-21-9-13-25-55(51)45-59)60-38-34-52-22-10-14-26-56(52)46-60/h7-48H,1-6H3. The average molecular weight is 977 g/mol. The molecule has 2 unspecified atom stereocenters. The summed E-state index contributed by atoms with van der Waals surface area (Å²) in [6, 6.07) is 96.3. The van der Waals surface area contributed by atoms with E-state index < -0.39 is 10.8 Å². The van der Waals surface area contributed by atoms with Gasteiger partial charge in [0.1, 0.15) is 0 Å². The summed E-state index contributed by atoms with van der Waals surface area (Å²) in [4.78, 5) is 5.00. The number of rotatable bonds is 7. The van der Waals surface area contributed by atoms with E-state index in [1.807, 2.05) is 0 Å². The Morgan fingerprint density at radius 1 is 0.224 bits per heavy atom. The summed E-state index contributed by atoms with van der Waals surface area (Å²) >= 11 is 0. The Kier molecular flexibility index (Phi) is 10.2. The zero-order valence-corrected chi connectivity index (χ0v) is 44.1. The van der Waals surface area contributed by atoms with Gasteiger partial charge in [0.2, 0.25) is 0 Å². The number of hydrogen-bond donors (Lipinski definition) is 0. The predicted molar refractivity (Wildman–Crippen MR) is 324 cm³/mol. The Bertz CT molecular complexity index is 3860. The van der Waals surface area contributed by atoms with Gasteiger partial charge >= 0.3 is 0 Å². The zero-order valence-electron chi connectivity index (χ0n) is 44.1. The summed E-state index contributed by atoms with van der Waals surface area (Å²) in [6.45, 7) is 15.1. The van der Waals surface area contributed by atoms with Gasteiger partial charge < -0.3 is 9.80 Å². The van der Waals surface area contributed by atoms with Crippen LogP contribution in [0.4, 0.5) is 34.1 Å². The highest BCUT2D eigenvalue weighted by molar-refractivity contribution is 5.98. The average Bonchev–Trinajstić information content (AvgIpc) is 4.14. The molecule has 0 bridgehead atoms. The Morgan fingerprint density at radius 3 is 0.763 bits per heavy atom. The second kappa shape index (κ2) is 16.9. The molecule has 0 aliphatic heterocycles. The molecule has 0 fully saturated rings. The fraction of sp³-hybridized carbons (Fsp3) is 0.135. The molecule has 2 aliphatic rings. The Morgan fingerprint density at radius 2 is 0.461 bits per heavy atom. The van der Waals surface area contributed by atoms with Crippen LogP contribution in [0.5, 0.6) is 0 Å². The maximum atomic E-state index is 2.60. The van der Waals surface area contributed by atoms with Crippen molar-refractivity contribution in [1.82, 2.24) is 0 Å². The number of anilines is 6. The second-order valence-electron chi connectivity index (χ2n) is 23.3. The number of benzene rings is 12. The molecule has 0 saturated carbocycles. The lowest BCUT2D eigenvalue weighted by Gasteiger charge is -2.62. The highest BCUT2D eigenvalue weighted by Crippen LogP contribution is 2.75. The first-order valence-corrected chi connectivity index (χ1v) is 27.0. The van der Waals surface area contributed by atoms with Crippen LogP contribution in [0.1, 0.15) is 63.8 Å². The predicted octanol–water partition coefficient (Wildman–Crippen LogP) is 20.6. The first-order valence-electron chi connectivity index (χ1n) is 27.0. The molecule has 2 aliphatic carbocycles. The van der Waals surface area contributed by atoms with E-state index in [0.717, 1.165) is 34.1 Å². The van der Waals surface area contributed by atoms with E-state index in [0.29, 0.717) is 0 Å². The molecule has 0 radical (unpaired) electrons. The van der Waals surface area contributed by atoms with Gasteiger partial charge in [0, 0.05) is 45.0 Å². The van der Waals surface area contributed by atoms with Crippen molar-refractivity contribution in [2.45, 2.75) is 52.4 Å². The fourth-order valence-corrected chi connectivity index (χ4v) is 14.5. The first kappa shape index (κ1) is 45.9. The van der Waals surface area contributed by atoms with Crippen molar-refractivity contribution >= 4 is 77.2 Å². The Hall–Kier alpha value is -8.72. The van der Waals surface area contributed by atoms with Crippen LogP contribution in [-0.4, -0.2) is 0 Å². The maximum Gasteiger partial charge on any atom is 0.0468 e. The lowest BCUT2D eigenvalue weighted by atomic mass is 9.39. The van der Waals surface area contributed by atoms with Crippen molar-refractivity contribution in [3.05, 3.63) is 277 Å². The van der Waals surface area contributed by atoms with E-state index in [9.17, 15) is 0 Å². The van der Waals surface area contributed by atoms with Crippen molar-refractivity contribution in [2.24, 2.45) is 10.8 Å². The minimum atomic E-state index is -0.616. The van der Waals surface area contributed by atoms with Crippen molar-refractivity contribution < 1.29 is 0 Å². The Balaban J connectivity index is 1.07. The molecule has 14 rings (SSSR count). The SMILES string of the molecule is CC(C)(C)C1(C2(C(C)(C)C)c3ccccc3-c3ccc(N(c4ccc5ccccc5c4)c4ccc5ccccc5c4)cc32)c2ccccc2-c2ccc(N(c3ccc4ccccc4c3)c3ccc4ccccc4c3)cc21. The van der Waals surface area contributed by atoms with Crippen LogP contribution in [0, 0.1) is 10.8 Å². The highest BCUT2D eigenvalue weighted by atomic mass is 15.1. The minimum Gasteiger partial charge on any atom is -0.310 e. The fourth-order valence-electron chi connectivity index (χ4n) is 14.5. The van der Waals surface area contributed by atoms with Crippen molar-refractivity contribution in [2.75, 3.05) is 9.80 Å². The highest BCUT2D eigenvalue weighted by Gasteiger charge is 2.70. The smallest absolute Gasteiger partial charge is 0.0468 e. The largest absolute Gasteiger partial charge is 0.310 e. The van der Waals surface area contributed by atoms with Crippen LogP contribution in [0.3, 0.4) is 0 Å². The third kappa shape index (κ3) is 6.59. The van der Waals surface area contributed by atoms with Gasteiger partial charge in [-0.3, -0.25) is 0 Å². The van der Waals surface area contributed by atoms with Crippen molar-refractivity contribution in [3.8, 4) is 22.3 Å². The molecule has 0 aromatic heterocycles. The molecule has 0 N–H and O–H groups in total. The molecule has 366 valence electrons. The first-order chi connectivity index (χ1) is 36.9. The van der Waals surface area contributed by atoms with Gasteiger partial charge in [-0.25, -0.2) is 0 Å². The van der Waals surface area contributed by atoms with Crippen LogP contribution in [0.2, 0.25) is 0 Å². The van der Waals surface area contributed by atoms with Gasteiger partial charge in [-0.2, -0.15) is 0 Å². The molecule has 12 aromatic carbocycles. The third-order valence-corrected chi connectivity index (χ3v) is 17.4. The molecular weight excluding hydrogens is 917 g/mol. The van der Waals surface area contributed by atoms with Gasteiger partial charge in [-0.15, -0.1) is 0 Å². The van der Waals surface area contributed by atoms with Crippen LogP contribution in [0.15, 0.2) is 255 Å². The summed E-state index contributed by atoms with van der Waals surface area (Å²) in [5.41, 5.74) is 15.5. The summed E-state index contributed by atoms with van der Waals surface area (Å²) < 4.78 is 0. The lowest BCUT2D eigenvalue weighted by molar-refractivity contribution is 0.0594. The van der Waals surface area contributed by atoms with Crippen molar-refractivity contribution in [1.29, 1.82) is 0 Å². The van der Waals surface area contributed by atoms with Gasteiger partial charge in [-0.05, 0) is 171 Å². The quantitative estimate of drug-likeness (QED) is 0.157. The van der Waals surface area contributed by atoms with Crippen LogP contribution in [-0.2, 0) is 10.8 Å². The van der Waals surface area contributed by atoms with Crippen LogP contribution < -0.4 is 9.80 Å². The summed E-state index contributed by atoms with van der Waals surface area (Å²) in [6.07, 6.45) is 0.